The van der Waals surface area contributed by atoms with Gasteiger partial charge < -0.3 is 0 Å². The molecule has 0 aromatic heterocycles. The first-order valence-corrected chi connectivity index (χ1v) is 4.96. The van der Waals surface area contributed by atoms with E-state index < -0.39 is 0 Å². The van der Waals surface area contributed by atoms with Crippen LogP contribution in [0.5, 0.6) is 0 Å². The zero-order valence-electron chi connectivity index (χ0n) is 8.76. The number of halogens is 1. The minimum atomic E-state index is -0.230. The molecule has 0 saturated heterocycles. The Morgan fingerprint density at radius 1 is 1.36 bits per heavy atom. The van der Waals surface area contributed by atoms with Crippen molar-refractivity contribution in [2.75, 3.05) is 0 Å². The van der Waals surface area contributed by atoms with Gasteiger partial charge in [-0.3, -0.25) is 0 Å². The summed E-state index contributed by atoms with van der Waals surface area (Å²) in [6, 6.07) is 5.00. The van der Waals surface area contributed by atoms with Gasteiger partial charge in [0.05, 0.1) is 0 Å². The number of benzene rings is 1. The van der Waals surface area contributed by atoms with Crippen LogP contribution in [-0.4, -0.2) is 0 Å². The van der Waals surface area contributed by atoms with Crippen LogP contribution in [-0.2, 0) is 5.41 Å². The van der Waals surface area contributed by atoms with Gasteiger partial charge in [0.15, 0.2) is 0 Å². The first-order valence-electron chi connectivity index (χ1n) is 4.51. The Hall–Kier alpha value is -0.760. The second-order valence-corrected chi connectivity index (χ2v) is 4.90. The van der Waals surface area contributed by atoms with Crippen LogP contribution in [0.4, 0.5) is 4.39 Å². The molecule has 76 valence electrons. The van der Waals surface area contributed by atoms with Crippen molar-refractivity contribution >= 4 is 17.5 Å². The Kier molecular flexibility index (Phi) is 3.05. The molecule has 0 bridgehead atoms. The summed E-state index contributed by atoms with van der Waals surface area (Å²) in [7, 11) is 0. The topological polar surface area (TPSA) is 0 Å². The molecule has 0 fully saturated rings. The average Bonchev–Trinajstić information content (AvgIpc) is 2.01. The van der Waals surface area contributed by atoms with Gasteiger partial charge in [0.1, 0.15) is 5.82 Å². The number of hydrogen-bond donors (Lipinski definition) is 1. The quantitative estimate of drug-likeness (QED) is 0.665. The molecule has 0 aliphatic rings. The van der Waals surface area contributed by atoms with E-state index in [1.807, 2.05) is 26.8 Å². The molecule has 0 radical (unpaired) electrons. The third-order valence-electron chi connectivity index (χ3n) is 2.07. The summed E-state index contributed by atoms with van der Waals surface area (Å²) in [5.74, 6) is -0.190. The highest BCUT2D eigenvalue weighted by molar-refractivity contribution is 7.90. The Bertz CT molecular complexity index is 361. The van der Waals surface area contributed by atoms with Crippen LogP contribution in [0, 0.1) is 5.82 Å². The lowest BCUT2D eigenvalue weighted by Gasteiger charge is -2.23. The van der Waals surface area contributed by atoms with Gasteiger partial charge in [0, 0.05) is 10.5 Å². The van der Waals surface area contributed by atoms with E-state index in [2.05, 4.69) is 19.2 Å². The summed E-state index contributed by atoms with van der Waals surface area (Å²) in [5.41, 5.74) is 1.24. The molecule has 0 N–H and O–H groups in total. The Morgan fingerprint density at radius 2 is 1.93 bits per heavy atom. The van der Waals surface area contributed by atoms with E-state index in [-0.39, 0.29) is 11.2 Å². The van der Waals surface area contributed by atoms with Crippen LogP contribution in [0.3, 0.4) is 0 Å². The predicted molar refractivity (Wildman–Crippen MR) is 63.1 cm³/mol. The maximum atomic E-state index is 13.6. The van der Waals surface area contributed by atoms with Gasteiger partial charge in [0.2, 0.25) is 0 Å². The van der Waals surface area contributed by atoms with Crippen LogP contribution in [0.1, 0.15) is 31.9 Å². The third kappa shape index (κ3) is 2.18. The first-order chi connectivity index (χ1) is 6.34. The lowest BCUT2D eigenvalue weighted by atomic mass is 9.83. The van der Waals surface area contributed by atoms with Crippen LogP contribution < -0.4 is 0 Å². The number of rotatable bonds is 1. The largest absolute Gasteiger partial charge is 0.207 e. The third-order valence-corrected chi connectivity index (χ3v) is 2.32. The summed E-state index contributed by atoms with van der Waals surface area (Å²) in [6.07, 6.45) is 0. The van der Waals surface area contributed by atoms with E-state index in [4.69, 9.17) is 0 Å². The van der Waals surface area contributed by atoms with Gasteiger partial charge in [-0.2, -0.15) is 0 Å². The Morgan fingerprint density at radius 3 is 2.29 bits per heavy atom. The second-order valence-electron chi connectivity index (χ2n) is 4.36. The van der Waals surface area contributed by atoms with Crippen molar-refractivity contribution in [3.8, 4) is 0 Å². The van der Waals surface area contributed by atoms with Crippen molar-refractivity contribution in [2.24, 2.45) is 0 Å². The highest BCUT2D eigenvalue weighted by Gasteiger charge is 2.22. The van der Waals surface area contributed by atoms with E-state index in [0.29, 0.717) is 10.5 Å². The van der Waals surface area contributed by atoms with E-state index in [1.165, 1.54) is 6.07 Å². The fraction of sp³-hybridized carbons (Fsp3) is 0.333. The van der Waals surface area contributed by atoms with Crippen LogP contribution in [0.2, 0.25) is 0 Å². The van der Waals surface area contributed by atoms with Crippen molar-refractivity contribution in [1.82, 2.24) is 0 Å². The number of hydrogen-bond acceptors (Lipinski definition) is 1. The molecule has 0 saturated carbocycles. The molecule has 0 atom stereocenters. The summed E-state index contributed by atoms with van der Waals surface area (Å²) in [6.45, 7) is 9.67. The van der Waals surface area contributed by atoms with Crippen molar-refractivity contribution in [3.05, 3.63) is 41.7 Å². The zero-order valence-corrected chi connectivity index (χ0v) is 9.66. The molecule has 0 unspecified atom stereocenters. The predicted octanol–water partition coefficient (Wildman–Crippen LogP) is 4.02. The molecule has 1 aromatic carbocycles. The van der Waals surface area contributed by atoms with Crippen LogP contribution in [0.25, 0.3) is 4.91 Å². The van der Waals surface area contributed by atoms with Crippen LogP contribution in [0.15, 0.2) is 24.8 Å². The van der Waals surface area contributed by atoms with Crippen molar-refractivity contribution < 1.29 is 4.39 Å². The van der Waals surface area contributed by atoms with Gasteiger partial charge in [-0.15, -0.1) is 12.6 Å². The molecular weight excluding hydrogens is 195 g/mol. The lowest BCUT2D eigenvalue weighted by molar-refractivity contribution is 0.522. The Balaban J connectivity index is 3.45. The van der Waals surface area contributed by atoms with Gasteiger partial charge in [-0.25, -0.2) is 4.39 Å². The highest BCUT2D eigenvalue weighted by Crippen LogP contribution is 2.32. The Labute approximate surface area is 90.3 Å². The molecule has 0 amide bonds. The SMILES string of the molecule is C=C(S)c1cccc(F)c1C(C)(C)C. The van der Waals surface area contributed by atoms with Crippen molar-refractivity contribution in [1.29, 1.82) is 0 Å². The van der Waals surface area contributed by atoms with Gasteiger partial charge in [-0.05, 0) is 17.0 Å². The monoisotopic (exact) mass is 210 g/mol. The summed E-state index contributed by atoms with van der Waals surface area (Å²) < 4.78 is 13.6. The molecule has 0 aliphatic carbocycles. The zero-order chi connectivity index (χ0) is 10.9. The van der Waals surface area contributed by atoms with Gasteiger partial charge in [0.25, 0.3) is 0 Å². The van der Waals surface area contributed by atoms with Gasteiger partial charge >= 0.3 is 0 Å². The molecule has 0 spiro atoms. The molecule has 0 aliphatic heterocycles. The fourth-order valence-electron chi connectivity index (χ4n) is 1.53. The van der Waals surface area contributed by atoms with E-state index >= 15 is 0 Å². The fourth-order valence-corrected chi connectivity index (χ4v) is 1.71. The molecule has 1 rings (SSSR count). The van der Waals surface area contributed by atoms with Crippen molar-refractivity contribution in [2.45, 2.75) is 26.2 Å². The molecule has 0 heterocycles. The van der Waals surface area contributed by atoms with Gasteiger partial charge in [-0.1, -0.05) is 39.5 Å². The molecule has 1 aromatic rings. The van der Waals surface area contributed by atoms with Crippen molar-refractivity contribution in [3.63, 3.8) is 0 Å². The maximum Gasteiger partial charge on any atom is 0.127 e. The smallest absolute Gasteiger partial charge is 0.127 e. The first kappa shape index (κ1) is 11.3. The molecule has 14 heavy (non-hydrogen) atoms. The maximum absolute atomic E-state index is 13.6. The average molecular weight is 210 g/mol. The lowest BCUT2D eigenvalue weighted by Crippen LogP contribution is -2.15. The summed E-state index contributed by atoms with van der Waals surface area (Å²) >= 11 is 4.18. The normalized spacial score (nSPS) is 11.5. The minimum Gasteiger partial charge on any atom is -0.207 e. The molecule has 0 nitrogen and oxygen atoms in total. The van der Waals surface area contributed by atoms with E-state index in [0.717, 1.165) is 5.56 Å². The molecule has 2 heteroatoms. The second kappa shape index (κ2) is 3.77. The molecular formula is C12H15FS. The van der Waals surface area contributed by atoms with Crippen LogP contribution >= 0.6 is 12.6 Å². The van der Waals surface area contributed by atoms with E-state index in [1.54, 1.807) is 6.07 Å². The minimum absolute atomic E-state index is 0.190. The van der Waals surface area contributed by atoms with E-state index in [9.17, 15) is 4.39 Å². The highest BCUT2D eigenvalue weighted by atomic mass is 32.1. The summed E-state index contributed by atoms with van der Waals surface area (Å²) in [5, 5.41) is 0. The summed E-state index contributed by atoms with van der Waals surface area (Å²) in [4.78, 5) is 0.606. The standard InChI is InChI=1S/C12H15FS/c1-8(14)9-6-5-7-10(13)11(9)12(2,3)4/h5-7,14H,1H2,2-4H3. The number of thiol groups is 1.